The summed E-state index contributed by atoms with van der Waals surface area (Å²) in [5.74, 6) is 6.91. The van der Waals surface area contributed by atoms with Gasteiger partial charge in [-0.25, -0.2) is 4.79 Å². The van der Waals surface area contributed by atoms with Gasteiger partial charge in [-0.05, 0) is 66.6 Å². The highest BCUT2D eigenvalue weighted by Gasteiger charge is 2.09. The molecule has 0 spiro atoms. The Morgan fingerprint density at radius 1 is 1.08 bits per heavy atom. The van der Waals surface area contributed by atoms with Gasteiger partial charge in [-0.2, -0.15) is 0 Å². The van der Waals surface area contributed by atoms with Crippen molar-refractivity contribution in [2.24, 2.45) is 0 Å². The quantitative estimate of drug-likeness (QED) is 0.330. The molecule has 0 bridgehead atoms. The Bertz CT molecular complexity index is 1310. The van der Waals surface area contributed by atoms with Gasteiger partial charge in [0, 0.05) is 39.9 Å². The molecule has 0 saturated carbocycles. The molecular formula is C30H30ClNO5S. The first kappa shape index (κ1) is 27.9. The third-order valence-corrected chi connectivity index (χ3v) is 7.00. The van der Waals surface area contributed by atoms with Crippen LogP contribution in [0.15, 0.2) is 70.5 Å². The van der Waals surface area contributed by atoms with Crippen LogP contribution in [0.4, 0.5) is 0 Å². The van der Waals surface area contributed by atoms with Crippen molar-refractivity contribution >= 4 is 29.3 Å². The third kappa shape index (κ3) is 9.00. The maximum atomic E-state index is 10.8. The molecule has 198 valence electrons. The van der Waals surface area contributed by atoms with E-state index in [0.717, 1.165) is 65.0 Å². The fourth-order valence-electron chi connectivity index (χ4n) is 3.90. The molecule has 0 aromatic heterocycles. The van der Waals surface area contributed by atoms with E-state index >= 15 is 0 Å². The van der Waals surface area contributed by atoms with E-state index in [4.69, 9.17) is 30.9 Å². The number of carbonyl (C=O) groups is 1. The number of carboxylic acid groups (broad SMARTS) is 1. The molecule has 4 rings (SSSR count). The average Bonchev–Trinajstić information content (AvgIpc) is 2.89. The summed E-state index contributed by atoms with van der Waals surface area (Å²) >= 11 is 7.71. The van der Waals surface area contributed by atoms with Crippen molar-refractivity contribution in [2.45, 2.75) is 23.1 Å². The Morgan fingerprint density at radius 3 is 2.68 bits per heavy atom. The van der Waals surface area contributed by atoms with Crippen LogP contribution in [0.2, 0.25) is 5.02 Å². The first-order chi connectivity index (χ1) is 18.4. The molecular weight excluding hydrogens is 522 g/mol. The number of aliphatic carboxylic acids is 1. The van der Waals surface area contributed by atoms with E-state index in [0.29, 0.717) is 23.9 Å². The maximum Gasteiger partial charge on any atom is 0.341 e. The minimum Gasteiger partial charge on any atom is -0.493 e. The number of morpholine rings is 1. The molecule has 0 atom stereocenters. The zero-order valence-electron chi connectivity index (χ0n) is 21.2. The van der Waals surface area contributed by atoms with Gasteiger partial charge in [0.05, 0.1) is 26.4 Å². The van der Waals surface area contributed by atoms with Crippen LogP contribution < -0.4 is 9.47 Å². The minimum atomic E-state index is -1.00. The summed E-state index contributed by atoms with van der Waals surface area (Å²) < 4.78 is 16.9. The number of hydrogen-bond acceptors (Lipinski definition) is 6. The second-order valence-corrected chi connectivity index (χ2v) is 10.4. The van der Waals surface area contributed by atoms with E-state index in [1.54, 1.807) is 17.8 Å². The second-order valence-electron chi connectivity index (χ2n) is 8.82. The lowest BCUT2D eigenvalue weighted by atomic mass is 10.2. The molecule has 1 fully saturated rings. The van der Waals surface area contributed by atoms with Crippen LogP contribution in [0.5, 0.6) is 11.5 Å². The van der Waals surface area contributed by atoms with Crippen LogP contribution in [0.3, 0.4) is 0 Å². The summed E-state index contributed by atoms with van der Waals surface area (Å²) in [7, 11) is 0. The van der Waals surface area contributed by atoms with Crippen LogP contribution in [-0.4, -0.2) is 62.0 Å². The van der Waals surface area contributed by atoms with Crippen molar-refractivity contribution in [2.75, 3.05) is 46.1 Å². The number of halogens is 1. The molecule has 1 aliphatic heterocycles. The van der Waals surface area contributed by atoms with Gasteiger partial charge < -0.3 is 19.3 Å². The Labute approximate surface area is 232 Å². The first-order valence-corrected chi connectivity index (χ1v) is 13.6. The SMILES string of the molecule is Cc1cc(Sc2cc(C#CCN3CCOCC3)cc(OCCc3cccc(Cl)c3)c2)ccc1OCC(=O)O. The highest BCUT2D eigenvalue weighted by molar-refractivity contribution is 7.99. The summed E-state index contributed by atoms with van der Waals surface area (Å²) in [5, 5.41) is 9.59. The van der Waals surface area contributed by atoms with Crippen LogP contribution in [0, 0.1) is 18.8 Å². The van der Waals surface area contributed by atoms with Crippen LogP contribution in [0.25, 0.3) is 0 Å². The molecule has 3 aromatic rings. The summed E-state index contributed by atoms with van der Waals surface area (Å²) in [6.07, 6.45) is 0.743. The number of hydrogen-bond donors (Lipinski definition) is 1. The molecule has 0 amide bonds. The van der Waals surface area contributed by atoms with Gasteiger partial charge in [0.15, 0.2) is 6.61 Å². The van der Waals surface area contributed by atoms with Crippen LogP contribution in [-0.2, 0) is 16.0 Å². The Kier molecular flexibility index (Phi) is 10.4. The van der Waals surface area contributed by atoms with Gasteiger partial charge >= 0.3 is 5.97 Å². The van der Waals surface area contributed by atoms with E-state index in [2.05, 4.69) is 22.8 Å². The van der Waals surface area contributed by atoms with Crippen LogP contribution in [0.1, 0.15) is 16.7 Å². The lowest BCUT2D eigenvalue weighted by molar-refractivity contribution is -0.139. The molecule has 1 heterocycles. The lowest BCUT2D eigenvalue weighted by Gasteiger charge is -2.24. The van der Waals surface area contributed by atoms with Gasteiger partial charge in [-0.15, -0.1) is 0 Å². The topological polar surface area (TPSA) is 68.2 Å². The largest absolute Gasteiger partial charge is 0.493 e. The van der Waals surface area contributed by atoms with Crippen molar-refractivity contribution in [3.63, 3.8) is 0 Å². The van der Waals surface area contributed by atoms with Gasteiger partial charge in [0.2, 0.25) is 0 Å². The van der Waals surface area contributed by atoms with E-state index in [1.165, 1.54) is 0 Å². The standard InChI is InChI=1S/C30H30ClNO5S/c1-22-16-27(7-8-29(22)37-21-30(33)34)38-28-19-24(5-3-10-32-11-14-35-15-12-32)18-26(20-28)36-13-9-23-4-2-6-25(31)17-23/h2,4,6-8,16-20H,9-15,21H2,1H3,(H,33,34). The average molecular weight is 552 g/mol. The molecule has 38 heavy (non-hydrogen) atoms. The highest BCUT2D eigenvalue weighted by atomic mass is 35.5. The number of ether oxygens (including phenoxy) is 3. The number of nitrogens with zero attached hydrogens (tertiary/aromatic N) is 1. The Hall–Kier alpha value is -3.15. The van der Waals surface area contributed by atoms with E-state index < -0.39 is 5.97 Å². The monoisotopic (exact) mass is 551 g/mol. The van der Waals surface area contributed by atoms with E-state index in [1.807, 2.05) is 55.5 Å². The molecule has 0 unspecified atom stereocenters. The molecule has 8 heteroatoms. The van der Waals surface area contributed by atoms with Crippen LogP contribution >= 0.6 is 23.4 Å². The van der Waals surface area contributed by atoms with E-state index in [9.17, 15) is 4.79 Å². The minimum absolute atomic E-state index is 0.367. The van der Waals surface area contributed by atoms with Gasteiger partial charge in [0.1, 0.15) is 11.5 Å². The molecule has 1 aliphatic rings. The molecule has 1 saturated heterocycles. The number of benzene rings is 3. The maximum absolute atomic E-state index is 10.8. The smallest absolute Gasteiger partial charge is 0.341 e. The molecule has 1 N–H and O–H groups in total. The summed E-state index contributed by atoms with van der Waals surface area (Å²) in [6.45, 7) is 6.04. The molecule has 0 aliphatic carbocycles. The Morgan fingerprint density at radius 2 is 1.92 bits per heavy atom. The van der Waals surface area contributed by atoms with Gasteiger partial charge in [-0.1, -0.05) is 47.3 Å². The zero-order chi connectivity index (χ0) is 26.7. The lowest BCUT2D eigenvalue weighted by Crippen LogP contribution is -2.36. The predicted molar refractivity (Wildman–Crippen MR) is 150 cm³/mol. The summed E-state index contributed by atoms with van der Waals surface area (Å²) in [6, 6.07) is 19.5. The van der Waals surface area contributed by atoms with Gasteiger partial charge in [-0.3, -0.25) is 4.90 Å². The van der Waals surface area contributed by atoms with Crippen molar-refractivity contribution < 1.29 is 24.1 Å². The summed E-state index contributed by atoms with van der Waals surface area (Å²) in [5.41, 5.74) is 2.88. The molecule has 3 aromatic carbocycles. The number of aryl methyl sites for hydroxylation is 1. The van der Waals surface area contributed by atoms with E-state index in [-0.39, 0.29) is 6.61 Å². The molecule has 6 nitrogen and oxygen atoms in total. The predicted octanol–water partition coefficient (Wildman–Crippen LogP) is 5.57. The summed E-state index contributed by atoms with van der Waals surface area (Å²) in [4.78, 5) is 15.1. The normalized spacial score (nSPS) is 13.4. The Balaban J connectivity index is 1.48. The second kappa shape index (κ2) is 14.1. The number of carboxylic acids is 1. The molecule has 0 radical (unpaired) electrons. The van der Waals surface area contributed by atoms with Crippen molar-refractivity contribution in [1.29, 1.82) is 0 Å². The zero-order valence-corrected chi connectivity index (χ0v) is 22.8. The van der Waals surface area contributed by atoms with Gasteiger partial charge in [0.25, 0.3) is 0 Å². The first-order valence-electron chi connectivity index (χ1n) is 12.4. The van der Waals surface area contributed by atoms with Crippen molar-refractivity contribution in [3.8, 4) is 23.3 Å². The number of rotatable bonds is 10. The fourth-order valence-corrected chi connectivity index (χ4v) is 5.12. The highest BCUT2D eigenvalue weighted by Crippen LogP contribution is 2.34. The fraction of sp³-hybridized carbons (Fsp3) is 0.300. The van der Waals surface area contributed by atoms with Crippen molar-refractivity contribution in [3.05, 3.63) is 82.4 Å². The van der Waals surface area contributed by atoms with Crippen molar-refractivity contribution in [1.82, 2.24) is 4.90 Å². The third-order valence-electron chi connectivity index (χ3n) is 5.80.